The van der Waals surface area contributed by atoms with Crippen molar-refractivity contribution in [3.8, 4) is 0 Å². The maximum atomic E-state index is 12.5. The van der Waals surface area contributed by atoms with Gasteiger partial charge in [-0.15, -0.1) is 0 Å². The first kappa shape index (κ1) is 25.4. The van der Waals surface area contributed by atoms with E-state index in [-0.39, 0.29) is 17.3 Å². The smallest absolute Gasteiger partial charge is 0.293 e. The summed E-state index contributed by atoms with van der Waals surface area (Å²) in [5.41, 5.74) is 2.06. The number of hydrogen-bond donors (Lipinski definition) is 2. The number of carbonyl (C=O) groups is 1. The van der Waals surface area contributed by atoms with Gasteiger partial charge in [-0.1, -0.05) is 6.58 Å². The molecule has 2 aromatic rings. The van der Waals surface area contributed by atoms with E-state index in [0.29, 0.717) is 28.1 Å². The lowest BCUT2D eigenvalue weighted by atomic mass is 9.95. The van der Waals surface area contributed by atoms with Gasteiger partial charge in [-0.05, 0) is 67.0 Å². The number of rotatable bonds is 6. The van der Waals surface area contributed by atoms with E-state index in [9.17, 15) is 9.59 Å². The fraction of sp³-hybridized carbons (Fsp3) is 0.480. The van der Waals surface area contributed by atoms with Crippen molar-refractivity contribution in [1.82, 2.24) is 19.4 Å². The summed E-state index contributed by atoms with van der Waals surface area (Å²) in [5, 5.41) is 6.05. The van der Waals surface area contributed by atoms with Crippen molar-refractivity contribution < 1.29 is 4.79 Å². The van der Waals surface area contributed by atoms with Crippen molar-refractivity contribution >= 4 is 44.7 Å². The normalized spacial score (nSPS) is 21.5. The quantitative estimate of drug-likeness (QED) is 0.541. The number of carbonyl (C=O) groups excluding carboxylic acids is 1. The third-order valence-corrected chi connectivity index (χ3v) is 7.34. The molecule has 0 unspecified atom stereocenters. The van der Waals surface area contributed by atoms with Crippen LogP contribution in [0.5, 0.6) is 0 Å². The number of amides is 1. The lowest BCUT2D eigenvalue weighted by molar-refractivity contribution is -0.111. The Morgan fingerprint density at radius 1 is 1.20 bits per heavy atom. The topological polar surface area (TPSA) is 85.7 Å². The highest BCUT2D eigenvalue weighted by molar-refractivity contribution is 9.10. The zero-order valence-corrected chi connectivity index (χ0v) is 22.2. The Balaban J connectivity index is 1.56. The summed E-state index contributed by atoms with van der Waals surface area (Å²) in [6.07, 6.45) is 5.04. The summed E-state index contributed by atoms with van der Waals surface area (Å²) in [5.74, 6) is -0.0724. The van der Waals surface area contributed by atoms with Gasteiger partial charge >= 0.3 is 0 Å². The Bertz CT molecular complexity index is 1140. The Kier molecular flexibility index (Phi) is 7.93. The fourth-order valence-electron chi connectivity index (χ4n) is 4.96. The molecule has 0 radical (unpaired) electrons. The zero-order valence-electron chi connectivity index (χ0n) is 20.6. The number of piperazine rings is 1. The van der Waals surface area contributed by atoms with Crippen molar-refractivity contribution in [1.29, 1.82) is 0 Å². The van der Waals surface area contributed by atoms with Crippen molar-refractivity contribution in [2.24, 2.45) is 7.05 Å². The number of benzene rings is 1. The molecule has 3 heterocycles. The van der Waals surface area contributed by atoms with E-state index >= 15 is 0 Å². The van der Waals surface area contributed by atoms with Crippen LogP contribution in [0.1, 0.15) is 19.8 Å². The minimum absolute atomic E-state index is 0.206. The van der Waals surface area contributed by atoms with Crippen molar-refractivity contribution in [2.75, 3.05) is 55.3 Å². The second-order valence-electron chi connectivity index (χ2n) is 9.44. The molecule has 0 bridgehead atoms. The molecule has 0 saturated carbocycles. The van der Waals surface area contributed by atoms with E-state index < -0.39 is 0 Å². The number of aromatic nitrogens is 2. The van der Waals surface area contributed by atoms with E-state index in [1.807, 2.05) is 18.2 Å². The molecular weight excluding hydrogens is 510 g/mol. The molecule has 1 amide bonds. The van der Waals surface area contributed by atoms with Gasteiger partial charge in [0.05, 0.1) is 11.4 Å². The lowest BCUT2D eigenvalue weighted by Gasteiger charge is -2.46. The predicted molar refractivity (Wildman–Crippen MR) is 145 cm³/mol. The van der Waals surface area contributed by atoms with Gasteiger partial charge in [0.15, 0.2) is 5.82 Å². The lowest BCUT2D eigenvalue weighted by Crippen LogP contribution is -2.54. The zero-order chi connectivity index (χ0) is 25.1. The Morgan fingerprint density at radius 3 is 2.63 bits per heavy atom. The number of piperidine rings is 1. The van der Waals surface area contributed by atoms with Crippen LogP contribution in [-0.4, -0.2) is 77.1 Å². The molecular formula is C25H34BrN7O2. The molecule has 2 aliphatic heterocycles. The average Bonchev–Trinajstić information content (AvgIpc) is 2.83. The summed E-state index contributed by atoms with van der Waals surface area (Å²) in [4.78, 5) is 36.4. The highest BCUT2D eigenvalue weighted by atomic mass is 79.9. The van der Waals surface area contributed by atoms with Gasteiger partial charge in [0.1, 0.15) is 4.60 Å². The number of aryl methyl sites for hydroxylation is 1. The van der Waals surface area contributed by atoms with Crippen LogP contribution >= 0.6 is 15.9 Å². The first-order valence-electron chi connectivity index (χ1n) is 12.0. The van der Waals surface area contributed by atoms with E-state index in [0.717, 1.165) is 51.3 Å². The second kappa shape index (κ2) is 10.9. The van der Waals surface area contributed by atoms with Crippen molar-refractivity contribution in [3.05, 3.63) is 52.0 Å². The number of nitrogens with zero attached hydrogens (tertiary/aromatic N) is 5. The van der Waals surface area contributed by atoms with Gasteiger partial charge in [0.2, 0.25) is 5.91 Å². The molecule has 2 N–H and O–H groups in total. The van der Waals surface area contributed by atoms with Crippen LogP contribution in [0.2, 0.25) is 0 Å². The van der Waals surface area contributed by atoms with Gasteiger partial charge in [0, 0.05) is 63.7 Å². The first-order chi connectivity index (χ1) is 16.7. The maximum Gasteiger partial charge on any atom is 0.293 e. The largest absolute Gasteiger partial charge is 0.367 e. The maximum absolute atomic E-state index is 12.5. The Labute approximate surface area is 214 Å². The number of nitrogens with one attached hydrogen (secondary N) is 2. The second-order valence-corrected chi connectivity index (χ2v) is 10.3. The highest BCUT2D eigenvalue weighted by Gasteiger charge is 2.31. The third-order valence-electron chi connectivity index (χ3n) is 6.96. The molecule has 4 rings (SSSR count). The van der Waals surface area contributed by atoms with Gasteiger partial charge in [0.25, 0.3) is 5.56 Å². The van der Waals surface area contributed by atoms with Gasteiger partial charge in [-0.3, -0.25) is 14.5 Å². The van der Waals surface area contributed by atoms with Crippen LogP contribution in [0.3, 0.4) is 0 Å². The third kappa shape index (κ3) is 5.94. The van der Waals surface area contributed by atoms with Crippen LogP contribution in [0.15, 0.2) is 46.4 Å². The Hall–Kier alpha value is -2.69. The molecule has 2 atom stereocenters. The first-order valence-corrected chi connectivity index (χ1v) is 12.8. The van der Waals surface area contributed by atoms with Crippen LogP contribution in [0.25, 0.3) is 0 Å². The highest BCUT2D eigenvalue weighted by Crippen LogP contribution is 2.35. The fourth-order valence-corrected chi connectivity index (χ4v) is 5.44. The summed E-state index contributed by atoms with van der Waals surface area (Å²) in [6.45, 7) is 11.2. The monoisotopic (exact) mass is 543 g/mol. The van der Waals surface area contributed by atoms with Crippen LogP contribution in [0, 0.1) is 0 Å². The molecule has 2 saturated heterocycles. The van der Waals surface area contributed by atoms with E-state index in [4.69, 9.17) is 0 Å². The van der Waals surface area contributed by atoms with E-state index in [2.05, 4.69) is 66.8 Å². The molecule has 0 aliphatic carbocycles. The molecule has 1 aromatic carbocycles. The van der Waals surface area contributed by atoms with Gasteiger partial charge in [-0.25, -0.2) is 4.98 Å². The molecule has 9 nitrogen and oxygen atoms in total. The molecule has 0 spiro atoms. The van der Waals surface area contributed by atoms with Crippen LogP contribution in [-0.2, 0) is 11.8 Å². The molecule has 1 aromatic heterocycles. The summed E-state index contributed by atoms with van der Waals surface area (Å²) < 4.78 is 2.01. The predicted octanol–water partition coefficient (Wildman–Crippen LogP) is 3.02. The minimum Gasteiger partial charge on any atom is -0.367 e. The van der Waals surface area contributed by atoms with E-state index in [1.165, 1.54) is 10.6 Å². The summed E-state index contributed by atoms with van der Waals surface area (Å²) in [6, 6.07) is 6.67. The SMILES string of the molecule is C=CC(=O)Nc1cc(Nc2nc(Br)cn(C)c2=O)ccc1N1CC[C@H](N2CCN(C)CC2)C[C@@H]1C. The van der Waals surface area contributed by atoms with Crippen molar-refractivity contribution in [3.63, 3.8) is 0 Å². The molecule has 35 heavy (non-hydrogen) atoms. The molecule has 188 valence electrons. The van der Waals surface area contributed by atoms with Gasteiger partial charge in [-0.2, -0.15) is 0 Å². The van der Waals surface area contributed by atoms with E-state index in [1.54, 1.807) is 13.2 Å². The Morgan fingerprint density at radius 2 is 1.94 bits per heavy atom. The van der Waals surface area contributed by atoms with Crippen LogP contribution in [0.4, 0.5) is 22.9 Å². The van der Waals surface area contributed by atoms with Crippen LogP contribution < -0.4 is 21.1 Å². The number of hydrogen-bond acceptors (Lipinski definition) is 7. The molecule has 2 fully saturated rings. The molecule has 2 aliphatic rings. The number of anilines is 4. The van der Waals surface area contributed by atoms with Gasteiger partial charge < -0.3 is 25.0 Å². The molecule has 10 heteroatoms. The summed E-state index contributed by atoms with van der Waals surface area (Å²) in [7, 11) is 3.86. The van der Waals surface area contributed by atoms with Crippen molar-refractivity contribution in [2.45, 2.75) is 31.8 Å². The average molecular weight is 544 g/mol. The number of likely N-dealkylation sites (N-methyl/N-ethyl adjacent to an activating group) is 1. The standard InChI is InChI=1S/C25H34BrN7O2/c1-5-23(34)28-20-15-18(27-24-25(35)31(4)16-22(26)29-24)6-7-21(20)33-9-8-19(14-17(33)2)32-12-10-30(3)11-13-32/h5-7,15-17,19H,1,8-14H2,2-4H3,(H,27,29)(H,28,34)/t17-,19-/m0/s1. The number of halogens is 1. The summed E-state index contributed by atoms with van der Waals surface area (Å²) >= 11 is 3.33. The minimum atomic E-state index is -0.278.